The molecule has 0 aliphatic carbocycles. The molecule has 5 heteroatoms. The molecule has 2 atom stereocenters. The van der Waals surface area contributed by atoms with Crippen LogP contribution in [0, 0.1) is 0 Å². The largest absolute Gasteiger partial charge is 0.322 e. The molecule has 3 aromatic carbocycles. The number of aryl methyl sites for hydroxylation is 1. The molecular weight excluding hydrogens is 452 g/mol. The van der Waals surface area contributed by atoms with Crippen molar-refractivity contribution in [3.8, 4) is 0 Å². The topological polar surface area (TPSA) is 72.2 Å². The van der Waals surface area contributed by atoms with Crippen molar-refractivity contribution < 1.29 is 8.42 Å². The number of sulfonamides is 1. The van der Waals surface area contributed by atoms with Crippen LogP contribution in [0.25, 0.3) is 0 Å². The van der Waals surface area contributed by atoms with Crippen molar-refractivity contribution in [2.75, 3.05) is 5.75 Å². The Balaban J connectivity index is 1.86. The van der Waals surface area contributed by atoms with E-state index < -0.39 is 22.1 Å². The van der Waals surface area contributed by atoms with Crippen LogP contribution in [0.1, 0.15) is 81.4 Å². The Kier molecular flexibility index (Phi) is 8.25. The number of nitrogens with two attached hydrogens (primary N) is 1. The van der Waals surface area contributed by atoms with E-state index in [1.165, 1.54) is 11.1 Å². The summed E-state index contributed by atoms with van der Waals surface area (Å²) in [6.45, 7) is 13.1. The Morgan fingerprint density at radius 2 is 1.20 bits per heavy atom. The van der Waals surface area contributed by atoms with Gasteiger partial charge in [0, 0.05) is 0 Å². The van der Waals surface area contributed by atoms with Gasteiger partial charge in [0.05, 0.1) is 17.8 Å². The summed E-state index contributed by atoms with van der Waals surface area (Å²) >= 11 is 0. The first kappa shape index (κ1) is 27.1. The summed E-state index contributed by atoms with van der Waals surface area (Å²) < 4.78 is 29.6. The summed E-state index contributed by atoms with van der Waals surface area (Å²) in [5, 5.41) is 0. The molecule has 0 fully saturated rings. The number of hydrogen-bond donors (Lipinski definition) is 2. The first-order valence-electron chi connectivity index (χ1n) is 12.3. The molecule has 0 saturated carbocycles. The Morgan fingerprint density at radius 3 is 1.66 bits per heavy atom. The second-order valence-electron chi connectivity index (χ2n) is 11.4. The smallest absolute Gasteiger partial charge is 0.212 e. The highest BCUT2D eigenvalue weighted by Crippen LogP contribution is 2.31. The monoisotopic (exact) mass is 492 g/mol. The van der Waals surface area contributed by atoms with E-state index in [0.717, 1.165) is 16.7 Å². The Hall–Kier alpha value is -2.47. The molecule has 4 nitrogen and oxygen atoms in total. The number of hydrogen-bond acceptors (Lipinski definition) is 3. The molecule has 3 aromatic rings. The van der Waals surface area contributed by atoms with Gasteiger partial charge in [0.25, 0.3) is 0 Å². The van der Waals surface area contributed by atoms with Crippen LogP contribution in [0.4, 0.5) is 0 Å². The fraction of sp³-hybridized carbons (Fsp3) is 0.400. The lowest BCUT2D eigenvalue weighted by Gasteiger charge is -2.27. The lowest BCUT2D eigenvalue weighted by Crippen LogP contribution is -2.37. The molecule has 3 rings (SSSR count). The summed E-state index contributed by atoms with van der Waals surface area (Å²) in [5.41, 5.74) is 11.8. The first-order valence-corrected chi connectivity index (χ1v) is 13.9. The molecule has 0 heterocycles. The van der Waals surface area contributed by atoms with Gasteiger partial charge in [0.15, 0.2) is 0 Å². The van der Waals surface area contributed by atoms with Crippen LogP contribution in [0.15, 0.2) is 78.9 Å². The quantitative estimate of drug-likeness (QED) is 0.394. The number of nitrogens with one attached hydrogen (secondary N) is 1. The molecule has 2 unspecified atom stereocenters. The zero-order chi connectivity index (χ0) is 25.9. The van der Waals surface area contributed by atoms with Crippen LogP contribution >= 0.6 is 0 Å². The highest BCUT2D eigenvalue weighted by atomic mass is 32.2. The van der Waals surface area contributed by atoms with Crippen LogP contribution in [0.3, 0.4) is 0 Å². The van der Waals surface area contributed by atoms with Crippen LogP contribution < -0.4 is 10.5 Å². The second-order valence-corrected chi connectivity index (χ2v) is 13.3. The normalized spacial score (nSPS) is 14.5. The van der Waals surface area contributed by atoms with E-state index in [4.69, 9.17) is 5.73 Å². The van der Waals surface area contributed by atoms with Gasteiger partial charge in [0.1, 0.15) is 0 Å². The maximum atomic E-state index is 13.3. The van der Waals surface area contributed by atoms with Crippen molar-refractivity contribution in [1.82, 2.24) is 4.72 Å². The minimum absolute atomic E-state index is 0.00494. The van der Waals surface area contributed by atoms with Crippen molar-refractivity contribution in [1.29, 1.82) is 0 Å². The average Bonchev–Trinajstić information content (AvgIpc) is 2.81. The summed E-state index contributed by atoms with van der Waals surface area (Å²) in [5.74, 6) is -0.00494. The molecular formula is C30H40N2O2S. The maximum absolute atomic E-state index is 13.3. The van der Waals surface area contributed by atoms with Gasteiger partial charge >= 0.3 is 0 Å². The molecule has 3 N–H and O–H groups in total. The lowest BCUT2D eigenvalue weighted by atomic mass is 9.79. The third-order valence-corrected chi connectivity index (χ3v) is 7.75. The predicted molar refractivity (Wildman–Crippen MR) is 147 cm³/mol. The fourth-order valence-electron chi connectivity index (χ4n) is 4.08. The van der Waals surface area contributed by atoms with Crippen molar-refractivity contribution in [3.63, 3.8) is 0 Å². The van der Waals surface area contributed by atoms with Gasteiger partial charge in [-0.15, -0.1) is 0 Å². The molecule has 0 radical (unpaired) electrons. The fourth-order valence-corrected chi connectivity index (χ4v) is 5.38. The third kappa shape index (κ3) is 7.50. The van der Waals surface area contributed by atoms with Crippen LogP contribution in [-0.2, 0) is 27.3 Å². The van der Waals surface area contributed by atoms with Crippen LogP contribution in [0.5, 0.6) is 0 Å². The highest BCUT2D eigenvalue weighted by molar-refractivity contribution is 7.89. The molecule has 188 valence electrons. The van der Waals surface area contributed by atoms with E-state index in [-0.39, 0.29) is 16.6 Å². The Labute approximate surface area is 212 Å². The number of rotatable bonds is 8. The van der Waals surface area contributed by atoms with Gasteiger partial charge < -0.3 is 5.73 Å². The highest BCUT2D eigenvalue weighted by Gasteiger charge is 2.27. The van der Waals surface area contributed by atoms with Crippen molar-refractivity contribution in [3.05, 3.63) is 107 Å². The van der Waals surface area contributed by atoms with E-state index in [2.05, 4.69) is 64.5 Å². The second kappa shape index (κ2) is 10.7. The minimum Gasteiger partial charge on any atom is -0.322 e. The van der Waals surface area contributed by atoms with Crippen molar-refractivity contribution in [2.45, 2.75) is 70.9 Å². The summed E-state index contributed by atoms with van der Waals surface area (Å²) in [6.07, 6.45) is 0.435. The Morgan fingerprint density at radius 1 is 0.743 bits per heavy atom. The zero-order valence-electron chi connectivity index (χ0n) is 21.9. The minimum atomic E-state index is -3.61. The van der Waals surface area contributed by atoms with Crippen LogP contribution in [-0.4, -0.2) is 14.2 Å². The summed E-state index contributed by atoms with van der Waals surface area (Å²) in [4.78, 5) is 0. The molecule has 0 aliphatic heterocycles. The van der Waals surface area contributed by atoms with Gasteiger partial charge in [0.2, 0.25) is 10.0 Å². The lowest BCUT2D eigenvalue weighted by molar-refractivity contribution is 0.503. The molecule has 0 spiro atoms. The van der Waals surface area contributed by atoms with Gasteiger partial charge in [-0.1, -0.05) is 120 Å². The first-order chi connectivity index (χ1) is 16.3. The van der Waals surface area contributed by atoms with Crippen molar-refractivity contribution >= 4 is 10.0 Å². The van der Waals surface area contributed by atoms with E-state index in [1.807, 2.05) is 60.7 Å². The van der Waals surface area contributed by atoms with Gasteiger partial charge in [-0.25, -0.2) is 13.1 Å². The molecule has 0 amide bonds. The summed E-state index contributed by atoms with van der Waals surface area (Å²) in [6, 6.07) is 24.7. The summed E-state index contributed by atoms with van der Waals surface area (Å²) in [7, 11) is -3.61. The molecule has 0 aliphatic rings. The van der Waals surface area contributed by atoms with E-state index in [1.54, 1.807) is 0 Å². The predicted octanol–water partition coefficient (Wildman–Crippen LogP) is 6.18. The van der Waals surface area contributed by atoms with E-state index >= 15 is 0 Å². The van der Waals surface area contributed by atoms with Gasteiger partial charge in [-0.3, -0.25) is 0 Å². The maximum Gasteiger partial charge on any atom is 0.212 e. The molecule has 0 bridgehead atoms. The number of benzene rings is 3. The SMILES string of the molecule is CC(C)(C)c1cc(CCS(=O)(=O)NC(c2ccccc2)C(N)c2ccccc2)cc(C(C)(C)C)c1. The van der Waals surface area contributed by atoms with Gasteiger partial charge in [-0.2, -0.15) is 0 Å². The van der Waals surface area contributed by atoms with E-state index in [0.29, 0.717) is 6.42 Å². The third-order valence-electron chi connectivity index (χ3n) is 6.39. The van der Waals surface area contributed by atoms with Crippen molar-refractivity contribution in [2.24, 2.45) is 5.73 Å². The molecule has 0 aromatic heterocycles. The Bertz CT molecular complexity index is 1180. The zero-order valence-corrected chi connectivity index (χ0v) is 22.7. The molecule has 0 saturated heterocycles. The average molecular weight is 493 g/mol. The van der Waals surface area contributed by atoms with Crippen LogP contribution in [0.2, 0.25) is 0 Å². The van der Waals surface area contributed by atoms with Gasteiger partial charge in [-0.05, 0) is 45.1 Å². The standard InChI is InChI=1S/C30H40N2O2S/c1-29(2,3)25-19-22(20-26(21-25)30(4,5)6)17-18-35(33,34)32-28(24-15-11-8-12-16-24)27(31)23-13-9-7-10-14-23/h7-16,19-21,27-28,32H,17-18,31H2,1-6H3. The van der Waals surface area contributed by atoms with E-state index in [9.17, 15) is 8.42 Å². The molecule has 35 heavy (non-hydrogen) atoms.